The third-order valence-corrected chi connectivity index (χ3v) is 11.2. The van der Waals surface area contributed by atoms with Gasteiger partial charge < -0.3 is 30.0 Å². The van der Waals surface area contributed by atoms with Crippen LogP contribution in [0.4, 0.5) is 36.6 Å². The summed E-state index contributed by atoms with van der Waals surface area (Å²) in [5.74, 6) is -6.96. The summed E-state index contributed by atoms with van der Waals surface area (Å²) in [7, 11) is 0. The van der Waals surface area contributed by atoms with Gasteiger partial charge in [0.15, 0.2) is 11.6 Å². The second-order valence-electron chi connectivity index (χ2n) is 15.0. The number of aliphatic imine (C=N–C) groups is 1. The number of nitrogens with zero attached hydrogens (tertiary/aromatic N) is 5. The molecule has 12 nitrogen and oxygen atoms in total. The minimum Gasteiger partial charge on any atom is -0.472 e. The molecule has 0 aromatic carbocycles. The molecule has 3 saturated carbocycles. The zero-order chi connectivity index (χ0) is 36.6. The van der Waals surface area contributed by atoms with Crippen LogP contribution in [0.3, 0.4) is 0 Å². The fraction of sp³-hybridized carbons (Fsp3) is 0.645. The molecule has 0 radical (unpaired) electrons. The number of nitrogens with one attached hydrogen (secondary N) is 2. The molecule has 7 rings (SSSR count). The van der Waals surface area contributed by atoms with Gasteiger partial charge >= 0.3 is 18.3 Å². The van der Waals surface area contributed by atoms with Gasteiger partial charge in [0.05, 0.1) is 19.0 Å². The van der Waals surface area contributed by atoms with Crippen LogP contribution in [0.5, 0.6) is 5.75 Å². The highest BCUT2D eigenvalue weighted by Crippen LogP contribution is 2.84. The van der Waals surface area contributed by atoms with E-state index in [1.807, 2.05) is 6.07 Å². The maximum Gasteiger partial charge on any atom is 0.471 e. The van der Waals surface area contributed by atoms with Gasteiger partial charge in [-0.1, -0.05) is 20.8 Å². The highest BCUT2D eigenvalue weighted by atomic mass is 19.4. The molecule has 1 spiro atoms. The van der Waals surface area contributed by atoms with E-state index in [1.165, 1.54) is 32.0 Å². The topological polar surface area (TPSA) is 157 Å². The van der Waals surface area contributed by atoms with Crippen LogP contribution in [-0.2, 0) is 25.4 Å². The van der Waals surface area contributed by atoms with E-state index < -0.39 is 99.7 Å². The van der Waals surface area contributed by atoms with Gasteiger partial charge in [-0.05, 0) is 29.9 Å². The number of anilines is 1. The lowest BCUT2D eigenvalue weighted by Gasteiger charge is -2.42. The van der Waals surface area contributed by atoms with Crippen LogP contribution in [0.25, 0.3) is 0 Å². The summed E-state index contributed by atoms with van der Waals surface area (Å²) in [5, 5.41) is 14.1. The first-order valence-electron chi connectivity index (χ1n) is 15.7. The molecule has 50 heavy (non-hydrogen) atoms. The number of nitriles is 1. The van der Waals surface area contributed by atoms with Crippen molar-refractivity contribution in [2.24, 2.45) is 34.1 Å². The Morgan fingerprint density at radius 2 is 1.90 bits per heavy atom. The maximum atomic E-state index is 15.9. The molecule has 5 fully saturated rings. The molecule has 6 aliphatic rings. The number of aromatic nitrogens is 1. The van der Waals surface area contributed by atoms with Gasteiger partial charge in [-0.2, -0.15) is 31.6 Å². The predicted molar refractivity (Wildman–Crippen MR) is 155 cm³/mol. The van der Waals surface area contributed by atoms with Gasteiger partial charge in [0.1, 0.15) is 41.3 Å². The minimum absolute atomic E-state index is 0.149. The fourth-order valence-corrected chi connectivity index (χ4v) is 9.03. The highest BCUT2D eigenvalue weighted by molar-refractivity contribution is 6.01. The van der Waals surface area contributed by atoms with E-state index in [9.17, 15) is 50.8 Å². The summed E-state index contributed by atoms with van der Waals surface area (Å²) in [6, 6.07) is -0.537. The normalized spacial score (nSPS) is 37.3. The molecule has 1 aromatic rings. The summed E-state index contributed by atoms with van der Waals surface area (Å²) >= 11 is 0. The minimum atomic E-state index is -5.29. The summed E-state index contributed by atoms with van der Waals surface area (Å²) in [4.78, 5) is 62.5. The van der Waals surface area contributed by atoms with Crippen molar-refractivity contribution in [3.63, 3.8) is 0 Å². The lowest BCUT2D eigenvalue weighted by Crippen LogP contribution is -2.60. The number of carbonyl (C=O) groups excluding carboxylic acids is 4. The van der Waals surface area contributed by atoms with Crippen molar-refractivity contribution in [2.75, 3.05) is 18.4 Å². The van der Waals surface area contributed by atoms with Gasteiger partial charge in [0.2, 0.25) is 11.5 Å². The number of pyridine rings is 1. The summed E-state index contributed by atoms with van der Waals surface area (Å²) < 4.78 is 101. The van der Waals surface area contributed by atoms with E-state index in [2.05, 4.69) is 10.3 Å². The second-order valence-corrected chi connectivity index (χ2v) is 15.0. The number of carbonyl (C=O) groups is 4. The first-order chi connectivity index (χ1) is 23.1. The number of alkyl halides is 7. The van der Waals surface area contributed by atoms with Crippen molar-refractivity contribution in [3.05, 3.63) is 17.8 Å². The van der Waals surface area contributed by atoms with Gasteiger partial charge in [-0.25, -0.2) is 9.37 Å². The Morgan fingerprint density at radius 1 is 1.20 bits per heavy atom. The number of fused-ring (bicyclic) bond motifs is 5. The number of ether oxygens (including phenoxy) is 1. The standard InChI is InChI=1S/C31H30F7N7O5/c1-26(2,3)21(42-25(49)31(36,37)38)23(47)45-9-15-14-7-28(32)19(14)20(28)29(15,18(45)10-46)40-12-44-11-27(6-13(44)8-39)24(48)43-22-16(50-27)4-5-17(41-22)30(33,34)35/h4-5,10,12-15,18-21H,6-7,9,11H2,1-3H3,(H,42,49)(H,41,43,48)/t13-,14-,15+,18+,19?,20+,21+,27+,28+,29+/m0/s1. The average molecular weight is 714 g/mol. The monoisotopic (exact) mass is 713 g/mol. The Hall–Kier alpha value is -4.50. The van der Waals surface area contributed by atoms with E-state index in [0.717, 1.165) is 11.0 Å². The van der Waals surface area contributed by atoms with Gasteiger partial charge in [-0.3, -0.25) is 19.4 Å². The second kappa shape index (κ2) is 10.3. The van der Waals surface area contributed by atoms with Crippen LogP contribution in [0.15, 0.2) is 17.1 Å². The van der Waals surface area contributed by atoms with Crippen LogP contribution < -0.4 is 15.4 Å². The molecule has 2 saturated heterocycles. The molecule has 1 aromatic heterocycles. The summed E-state index contributed by atoms with van der Waals surface area (Å²) in [6.45, 7) is 3.84. The Labute approximate surface area is 279 Å². The van der Waals surface area contributed by atoms with Crippen molar-refractivity contribution in [2.45, 2.75) is 80.9 Å². The van der Waals surface area contributed by atoms with Gasteiger partial charge in [-0.15, -0.1) is 0 Å². The number of aldehydes is 1. The van der Waals surface area contributed by atoms with Crippen molar-refractivity contribution in [3.8, 4) is 11.8 Å². The number of rotatable bonds is 5. The fourth-order valence-electron chi connectivity index (χ4n) is 9.03. The molecule has 3 aliphatic carbocycles. The zero-order valence-electron chi connectivity index (χ0n) is 26.6. The Balaban J connectivity index is 1.19. The number of likely N-dealkylation sites (tertiary alicyclic amines) is 2. The largest absolute Gasteiger partial charge is 0.472 e. The molecular weight excluding hydrogens is 683 g/mol. The predicted octanol–water partition coefficient (Wildman–Crippen LogP) is 2.64. The van der Waals surface area contributed by atoms with Crippen molar-refractivity contribution < 1.29 is 54.6 Å². The van der Waals surface area contributed by atoms with Crippen LogP contribution in [-0.4, -0.2) is 99.3 Å². The van der Waals surface area contributed by atoms with Crippen molar-refractivity contribution >= 4 is 36.2 Å². The van der Waals surface area contributed by atoms with Crippen molar-refractivity contribution in [1.82, 2.24) is 20.1 Å². The van der Waals surface area contributed by atoms with E-state index in [4.69, 9.17) is 9.73 Å². The number of halogens is 7. The molecule has 10 atom stereocenters. The van der Waals surface area contributed by atoms with E-state index in [0.29, 0.717) is 12.4 Å². The quantitative estimate of drug-likeness (QED) is 0.204. The molecule has 3 amide bonds. The Bertz CT molecular complexity index is 1770. The molecular formula is C31H30F7N7O5. The first kappa shape index (κ1) is 34.0. The maximum absolute atomic E-state index is 15.9. The van der Waals surface area contributed by atoms with Crippen LogP contribution in [0, 0.1) is 40.4 Å². The molecule has 2 N–H and O–H groups in total. The van der Waals surface area contributed by atoms with Crippen LogP contribution >= 0.6 is 0 Å². The lowest BCUT2D eigenvalue weighted by atomic mass is 9.66. The molecule has 19 heteroatoms. The van der Waals surface area contributed by atoms with Crippen LogP contribution in [0.2, 0.25) is 0 Å². The van der Waals surface area contributed by atoms with Gasteiger partial charge in [0, 0.05) is 30.7 Å². The molecule has 3 aliphatic heterocycles. The van der Waals surface area contributed by atoms with E-state index in [1.54, 1.807) is 5.32 Å². The summed E-state index contributed by atoms with van der Waals surface area (Å²) in [5.41, 5.74) is -7.50. The Kier molecular flexibility index (Phi) is 6.99. The SMILES string of the molecule is CC(C)(C)[C@H](NC(=O)C(F)(F)F)C(=O)N1C[C@@H]2[C@@H]3C[C@@]4(F)C3[C@H]4[C@]2(N=CN2C[C@@]3(C[C@H]2C#N)Oc2ccc(C(F)(F)F)nc2NC3=O)[C@H]1C=O. The van der Waals surface area contributed by atoms with E-state index >= 15 is 4.39 Å². The molecule has 4 heterocycles. The first-order valence-corrected chi connectivity index (χ1v) is 15.7. The lowest BCUT2D eigenvalue weighted by molar-refractivity contribution is -0.176. The number of hydrogen-bond acceptors (Lipinski definition) is 8. The molecule has 268 valence electrons. The van der Waals surface area contributed by atoms with Crippen molar-refractivity contribution in [1.29, 1.82) is 5.26 Å². The number of hydrogen-bond donors (Lipinski definition) is 2. The van der Waals surface area contributed by atoms with E-state index in [-0.39, 0.29) is 37.6 Å². The molecule has 1 unspecified atom stereocenters. The average Bonchev–Trinajstić information content (AvgIpc) is 3.34. The third-order valence-electron chi connectivity index (χ3n) is 11.2. The van der Waals surface area contributed by atoms with Crippen LogP contribution in [0.1, 0.15) is 39.3 Å². The smallest absolute Gasteiger partial charge is 0.471 e. The highest BCUT2D eigenvalue weighted by Gasteiger charge is 2.92. The third kappa shape index (κ3) is 4.61. The Morgan fingerprint density at radius 3 is 2.50 bits per heavy atom. The molecule has 0 bridgehead atoms. The summed E-state index contributed by atoms with van der Waals surface area (Å²) in [6.07, 6.45) is -8.60. The number of amides is 3. The van der Waals surface area contributed by atoms with Gasteiger partial charge in [0.25, 0.3) is 5.91 Å². The zero-order valence-corrected chi connectivity index (χ0v) is 26.6.